The largest absolute Gasteiger partial charge is 0.465 e. The van der Waals surface area contributed by atoms with Gasteiger partial charge in [-0.1, -0.05) is 0 Å². The fourth-order valence-electron chi connectivity index (χ4n) is 5.89. The second kappa shape index (κ2) is 8.90. The maximum Gasteiger partial charge on any atom is 0.407 e. The summed E-state index contributed by atoms with van der Waals surface area (Å²) in [5.74, 6) is 0.384. The van der Waals surface area contributed by atoms with Crippen LogP contribution in [0.5, 0.6) is 0 Å². The molecule has 1 aliphatic carbocycles. The van der Waals surface area contributed by atoms with E-state index in [4.69, 9.17) is 4.98 Å². The first-order valence-corrected chi connectivity index (χ1v) is 14.2. The number of rotatable bonds is 6. The molecule has 200 valence electrons. The Morgan fingerprint density at radius 2 is 1.84 bits per heavy atom. The van der Waals surface area contributed by atoms with Gasteiger partial charge in [0.15, 0.2) is 0 Å². The quantitative estimate of drug-likeness (QED) is 0.578. The number of likely N-dealkylation sites (tertiary alicyclic amines) is 1. The second-order valence-electron chi connectivity index (χ2n) is 10.8. The van der Waals surface area contributed by atoms with E-state index < -0.39 is 22.5 Å². The van der Waals surface area contributed by atoms with Crippen LogP contribution in [0.15, 0.2) is 18.3 Å². The maximum atomic E-state index is 13.7. The van der Waals surface area contributed by atoms with Crippen LogP contribution < -0.4 is 10.2 Å². The van der Waals surface area contributed by atoms with E-state index in [-0.39, 0.29) is 22.3 Å². The number of anilines is 2. The highest BCUT2D eigenvalue weighted by Crippen LogP contribution is 2.44. The van der Waals surface area contributed by atoms with Crippen LogP contribution in [0.25, 0.3) is 10.9 Å². The summed E-state index contributed by atoms with van der Waals surface area (Å²) < 4.78 is 53.9. The summed E-state index contributed by atoms with van der Waals surface area (Å²) in [6.07, 6.45) is 1.50. The van der Waals surface area contributed by atoms with E-state index in [1.165, 1.54) is 17.0 Å². The van der Waals surface area contributed by atoms with Crippen LogP contribution in [-0.4, -0.2) is 89.4 Å². The third-order valence-electron chi connectivity index (χ3n) is 8.13. The van der Waals surface area contributed by atoms with Crippen molar-refractivity contribution in [1.82, 2.24) is 19.2 Å². The number of benzene rings is 1. The number of piperidine rings is 1. The standard InChI is InChI=1S/C24H30F2N6O4S/c25-21(26)15-9-16-11-27-22(28-17-3-6-32(7-4-17)37(35,36)18-1-2-18)29-20(16)19(10-15)31-13-24(14-31)5-8-30(12-24)23(33)34/h9-11,17-18,21H,1-8,12-14H2,(H,33,34)(H,27,28,29). The highest BCUT2D eigenvalue weighted by molar-refractivity contribution is 7.90. The van der Waals surface area contributed by atoms with Gasteiger partial charge in [0.1, 0.15) is 0 Å². The van der Waals surface area contributed by atoms with Crippen LogP contribution >= 0.6 is 0 Å². The van der Waals surface area contributed by atoms with Crippen LogP contribution in [0.2, 0.25) is 0 Å². The van der Waals surface area contributed by atoms with Crippen LogP contribution in [0.4, 0.5) is 25.2 Å². The smallest absolute Gasteiger partial charge is 0.407 e. The maximum absolute atomic E-state index is 13.7. The van der Waals surface area contributed by atoms with E-state index in [0.29, 0.717) is 74.6 Å². The number of halogens is 2. The molecule has 37 heavy (non-hydrogen) atoms. The van der Waals surface area contributed by atoms with Gasteiger partial charge in [-0.25, -0.2) is 36.3 Å². The Hall–Kier alpha value is -2.80. The number of amides is 1. The highest BCUT2D eigenvalue weighted by Gasteiger charge is 2.49. The molecule has 1 amide bonds. The van der Waals surface area contributed by atoms with Gasteiger partial charge < -0.3 is 20.2 Å². The zero-order valence-corrected chi connectivity index (χ0v) is 21.1. The number of nitrogens with zero attached hydrogens (tertiary/aromatic N) is 5. The van der Waals surface area contributed by atoms with Crippen molar-refractivity contribution in [2.24, 2.45) is 5.41 Å². The van der Waals surface area contributed by atoms with E-state index in [0.717, 1.165) is 19.3 Å². The van der Waals surface area contributed by atoms with Crippen molar-refractivity contribution in [3.05, 3.63) is 23.9 Å². The monoisotopic (exact) mass is 536 g/mol. The van der Waals surface area contributed by atoms with E-state index >= 15 is 0 Å². The number of hydrogen-bond donors (Lipinski definition) is 2. The predicted octanol–water partition coefficient (Wildman–Crippen LogP) is 3.13. The van der Waals surface area contributed by atoms with Gasteiger partial charge in [0.25, 0.3) is 6.43 Å². The predicted molar refractivity (Wildman–Crippen MR) is 134 cm³/mol. The van der Waals surface area contributed by atoms with E-state index in [1.54, 1.807) is 10.5 Å². The van der Waals surface area contributed by atoms with Crippen molar-refractivity contribution in [3.8, 4) is 0 Å². The van der Waals surface area contributed by atoms with Crippen molar-refractivity contribution in [3.63, 3.8) is 0 Å². The molecule has 4 heterocycles. The number of carbonyl (C=O) groups is 1. The van der Waals surface area contributed by atoms with Gasteiger partial charge in [0.05, 0.1) is 16.5 Å². The van der Waals surface area contributed by atoms with Crippen LogP contribution in [0.1, 0.15) is 44.1 Å². The summed E-state index contributed by atoms with van der Waals surface area (Å²) in [4.78, 5) is 23.8. The number of carboxylic acid groups (broad SMARTS) is 1. The van der Waals surface area contributed by atoms with Crippen LogP contribution in [0.3, 0.4) is 0 Å². The lowest BCUT2D eigenvalue weighted by atomic mass is 9.78. The fourth-order valence-corrected chi connectivity index (χ4v) is 7.76. The molecule has 4 fully saturated rings. The average Bonchev–Trinajstić information content (AvgIpc) is 3.62. The Morgan fingerprint density at radius 1 is 1.11 bits per heavy atom. The molecule has 1 saturated carbocycles. The van der Waals surface area contributed by atoms with E-state index in [9.17, 15) is 27.1 Å². The van der Waals surface area contributed by atoms with Gasteiger partial charge in [-0.3, -0.25) is 0 Å². The summed E-state index contributed by atoms with van der Waals surface area (Å²) in [6, 6.07) is 2.90. The highest BCUT2D eigenvalue weighted by atomic mass is 32.2. The first-order chi connectivity index (χ1) is 17.6. The lowest BCUT2D eigenvalue weighted by Gasteiger charge is -2.49. The van der Waals surface area contributed by atoms with Crippen molar-refractivity contribution in [2.75, 3.05) is 49.5 Å². The minimum atomic E-state index is -3.18. The Morgan fingerprint density at radius 3 is 2.46 bits per heavy atom. The molecule has 0 radical (unpaired) electrons. The molecule has 13 heteroatoms. The topological polar surface area (TPSA) is 119 Å². The zero-order valence-electron chi connectivity index (χ0n) is 20.3. The summed E-state index contributed by atoms with van der Waals surface area (Å²) in [6.45, 7) is 3.01. The molecular formula is C24H30F2N6O4S. The summed E-state index contributed by atoms with van der Waals surface area (Å²) >= 11 is 0. The lowest BCUT2D eigenvalue weighted by Crippen LogP contribution is -2.58. The Bertz CT molecular complexity index is 1320. The Kier molecular flexibility index (Phi) is 5.90. The average molecular weight is 537 g/mol. The third-order valence-corrected chi connectivity index (χ3v) is 10.5. The minimum Gasteiger partial charge on any atom is -0.465 e. The number of alkyl halides is 2. The molecule has 3 aliphatic heterocycles. The molecule has 0 unspecified atom stereocenters. The molecule has 6 rings (SSSR count). The van der Waals surface area contributed by atoms with Gasteiger partial charge >= 0.3 is 6.09 Å². The van der Waals surface area contributed by atoms with Gasteiger partial charge in [-0.05, 0) is 44.2 Å². The number of sulfonamides is 1. The number of nitrogens with one attached hydrogen (secondary N) is 1. The molecular weight excluding hydrogens is 506 g/mol. The van der Waals surface area contributed by atoms with Crippen molar-refractivity contribution < 1.29 is 27.1 Å². The van der Waals surface area contributed by atoms with Crippen molar-refractivity contribution in [1.29, 1.82) is 0 Å². The third kappa shape index (κ3) is 4.56. The molecule has 1 aromatic heterocycles. The molecule has 10 nitrogen and oxygen atoms in total. The normalized spacial score (nSPS) is 22.7. The molecule has 0 bridgehead atoms. The second-order valence-corrected chi connectivity index (χ2v) is 13.1. The number of aromatic nitrogens is 2. The van der Waals surface area contributed by atoms with Crippen LogP contribution in [0, 0.1) is 5.41 Å². The van der Waals surface area contributed by atoms with Crippen LogP contribution in [-0.2, 0) is 10.0 Å². The molecule has 3 saturated heterocycles. The van der Waals surface area contributed by atoms with Crippen molar-refractivity contribution >= 4 is 38.7 Å². The molecule has 4 aliphatic rings. The van der Waals surface area contributed by atoms with Gasteiger partial charge in [0.2, 0.25) is 16.0 Å². The fraction of sp³-hybridized carbons (Fsp3) is 0.625. The number of fused-ring (bicyclic) bond motifs is 1. The Labute approximate surface area is 213 Å². The van der Waals surface area contributed by atoms with E-state index in [1.807, 2.05) is 4.90 Å². The van der Waals surface area contributed by atoms with Crippen molar-refractivity contribution in [2.45, 2.75) is 49.8 Å². The van der Waals surface area contributed by atoms with Gasteiger partial charge in [-0.2, -0.15) is 0 Å². The molecule has 0 atom stereocenters. The molecule has 1 spiro atoms. The van der Waals surface area contributed by atoms with Gasteiger partial charge in [0, 0.05) is 67.9 Å². The summed E-state index contributed by atoms with van der Waals surface area (Å²) in [5.41, 5.74) is 0.909. The zero-order chi connectivity index (χ0) is 25.9. The molecule has 2 aromatic rings. The van der Waals surface area contributed by atoms with E-state index in [2.05, 4.69) is 10.3 Å². The minimum absolute atomic E-state index is 0.0136. The molecule has 1 aromatic carbocycles. The Balaban J connectivity index is 1.19. The lowest BCUT2D eigenvalue weighted by molar-refractivity contribution is 0.142. The summed E-state index contributed by atoms with van der Waals surface area (Å²) in [5, 5.41) is 12.9. The first kappa shape index (κ1) is 24.5. The first-order valence-electron chi connectivity index (χ1n) is 12.7. The number of hydrogen-bond acceptors (Lipinski definition) is 7. The summed E-state index contributed by atoms with van der Waals surface area (Å²) in [7, 11) is -3.18. The SMILES string of the molecule is O=C(O)N1CCC2(C1)CN(c1cc(C(F)F)cc3cnc(NC4CCN(S(=O)(=O)C5CC5)CC4)nc13)C2. The molecule has 2 N–H and O–H groups in total. The van der Waals surface area contributed by atoms with Gasteiger partial charge in [-0.15, -0.1) is 0 Å².